The molecule has 1 aromatic heterocycles. The van der Waals surface area contributed by atoms with Gasteiger partial charge in [0.05, 0.1) is 6.04 Å². The molecule has 0 spiro atoms. The zero-order valence-electron chi connectivity index (χ0n) is 9.63. The van der Waals surface area contributed by atoms with Crippen LogP contribution in [0.15, 0.2) is 28.7 Å². The van der Waals surface area contributed by atoms with Gasteiger partial charge in [-0.25, -0.2) is 0 Å². The van der Waals surface area contributed by atoms with Crippen LogP contribution < -0.4 is 5.73 Å². The molecular weight excluding hydrogens is 318 g/mol. The monoisotopic (exact) mass is 329 g/mol. The van der Waals surface area contributed by atoms with Gasteiger partial charge in [-0.15, -0.1) is 11.3 Å². The van der Waals surface area contributed by atoms with Crippen molar-refractivity contribution in [2.75, 3.05) is 0 Å². The summed E-state index contributed by atoms with van der Waals surface area (Å²) in [6.07, 6.45) is 0. The molecule has 0 aliphatic carbocycles. The van der Waals surface area contributed by atoms with E-state index in [4.69, 9.17) is 17.3 Å². The van der Waals surface area contributed by atoms with E-state index in [0.29, 0.717) is 0 Å². The smallest absolute Gasteiger partial charge is 0.107 e. The molecule has 1 atom stereocenters. The number of nitrogens with two attached hydrogens (primary N) is 1. The lowest BCUT2D eigenvalue weighted by Crippen LogP contribution is -2.11. The summed E-state index contributed by atoms with van der Waals surface area (Å²) in [5.74, 6) is 0. The van der Waals surface area contributed by atoms with Gasteiger partial charge in [-0.05, 0) is 47.0 Å². The molecule has 1 nitrogen and oxygen atoms in total. The fraction of sp³-hybridized carbons (Fsp3) is 0.231. The molecule has 0 fully saturated rings. The highest BCUT2D eigenvalue weighted by molar-refractivity contribution is 9.10. The van der Waals surface area contributed by atoms with Crippen molar-refractivity contribution >= 4 is 38.9 Å². The predicted octanol–water partition coefficient (Wildman–Crippen LogP) is 4.83. The van der Waals surface area contributed by atoms with Crippen molar-refractivity contribution in [3.05, 3.63) is 54.6 Å². The van der Waals surface area contributed by atoms with Crippen molar-refractivity contribution in [2.45, 2.75) is 19.9 Å². The molecular formula is C13H13BrClNS. The van der Waals surface area contributed by atoms with Crippen molar-refractivity contribution in [1.29, 1.82) is 0 Å². The molecule has 0 aliphatic heterocycles. The van der Waals surface area contributed by atoms with Crippen LogP contribution in [-0.2, 0) is 0 Å². The van der Waals surface area contributed by atoms with E-state index in [9.17, 15) is 0 Å². The number of halogens is 2. The molecule has 4 heteroatoms. The van der Waals surface area contributed by atoms with Crippen LogP contribution in [0.2, 0.25) is 4.34 Å². The number of hydrogen-bond acceptors (Lipinski definition) is 2. The summed E-state index contributed by atoms with van der Waals surface area (Å²) < 4.78 is 1.67. The molecule has 1 unspecified atom stereocenters. The molecule has 0 saturated heterocycles. The van der Waals surface area contributed by atoms with Crippen molar-refractivity contribution in [2.24, 2.45) is 5.73 Å². The summed E-state index contributed by atoms with van der Waals surface area (Å²) in [6.45, 7) is 4.16. The van der Waals surface area contributed by atoms with Crippen LogP contribution >= 0.6 is 38.9 Å². The Morgan fingerprint density at radius 1 is 1.29 bits per heavy atom. The maximum atomic E-state index is 6.30. The van der Waals surface area contributed by atoms with E-state index >= 15 is 0 Å². The first kappa shape index (κ1) is 13.1. The Bertz CT molecular complexity index is 531. The molecule has 2 N–H and O–H groups in total. The summed E-state index contributed by atoms with van der Waals surface area (Å²) in [5.41, 5.74) is 9.90. The molecule has 1 heterocycles. The fourth-order valence-corrected chi connectivity index (χ4v) is 3.52. The van der Waals surface area contributed by atoms with Gasteiger partial charge in [-0.3, -0.25) is 0 Å². The second-order valence-electron chi connectivity index (χ2n) is 4.11. The average molecular weight is 331 g/mol. The van der Waals surface area contributed by atoms with E-state index in [-0.39, 0.29) is 6.04 Å². The molecule has 0 amide bonds. The molecule has 90 valence electrons. The minimum absolute atomic E-state index is 0.108. The largest absolute Gasteiger partial charge is 0.320 e. The highest BCUT2D eigenvalue weighted by Crippen LogP contribution is 2.37. The van der Waals surface area contributed by atoms with Gasteiger partial charge < -0.3 is 5.73 Å². The van der Waals surface area contributed by atoms with E-state index in [1.54, 1.807) is 0 Å². The molecule has 0 aliphatic rings. The number of rotatable bonds is 2. The minimum Gasteiger partial charge on any atom is -0.320 e. The summed E-state index contributed by atoms with van der Waals surface area (Å²) in [7, 11) is 0. The fourth-order valence-electron chi connectivity index (χ4n) is 1.76. The number of thiophene rings is 1. The Labute approximate surface area is 119 Å². The lowest BCUT2D eigenvalue weighted by molar-refractivity contribution is 0.880. The van der Waals surface area contributed by atoms with Gasteiger partial charge >= 0.3 is 0 Å². The van der Waals surface area contributed by atoms with Gasteiger partial charge in [0.15, 0.2) is 0 Å². The Balaban J connectivity index is 2.42. The average Bonchev–Trinajstić information content (AvgIpc) is 2.62. The lowest BCUT2D eigenvalue weighted by atomic mass is 9.98. The summed E-state index contributed by atoms with van der Waals surface area (Å²) in [4.78, 5) is 1.08. The van der Waals surface area contributed by atoms with Crippen LogP contribution in [-0.4, -0.2) is 0 Å². The predicted molar refractivity (Wildman–Crippen MR) is 79.0 cm³/mol. The second kappa shape index (κ2) is 5.11. The van der Waals surface area contributed by atoms with Gasteiger partial charge in [-0.2, -0.15) is 0 Å². The standard InChI is InChI=1S/C13H13BrClNS/c1-7-3-4-8(2)9(5-7)12(16)11-6-10(14)13(15)17-11/h3-6,12H,16H2,1-2H3. The molecule has 2 aromatic rings. The van der Waals surface area contributed by atoms with Crippen LogP contribution in [0.5, 0.6) is 0 Å². The highest BCUT2D eigenvalue weighted by Gasteiger charge is 2.15. The molecule has 0 saturated carbocycles. The van der Waals surface area contributed by atoms with Crippen LogP contribution in [0.4, 0.5) is 0 Å². The Hall–Kier alpha value is -0.350. The summed E-state index contributed by atoms with van der Waals surface area (Å²) in [6, 6.07) is 8.24. The first-order valence-corrected chi connectivity index (χ1v) is 7.25. The van der Waals surface area contributed by atoms with Crippen molar-refractivity contribution in [1.82, 2.24) is 0 Å². The summed E-state index contributed by atoms with van der Waals surface area (Å²) >= 11 is 11.0. The quantitative estimate of drug-likeness (QED) is 0.838. The van der Waals surface area contributed by atoms with E-state index in [2.05, 4.69) is 48.0 Å². The van der Waals surface area contributed by atoms with Gasteiger partial charge in [0.1, 0.15) is 4.34 Å². The third-order valence-electron chi connectivity index (χ3n) is 2.74. The van der Waals surface area contributed by atoms with E-state index < -0.39 is 0 Å². The normalized spacial score (nSPS) is 12.8. The molecule has 17 heavy (non-hydrogen) atoms. The van der Waals surface area contributed by atoms with E-state index in [0.717, 1.165) is 19.2 Å². The highest BCUT2D eigenvalue weighted by atomic mass is 79.9. The Kier molecular flexibility index (Phi) is 3.93. The maximum Gasteiger partial charge on any atom is 0.107 e. The minimum atomic E-state index is -0.108. The van der Waals surface area contributed by atoms with Gasteiger partial charge in [0.2, 0.25) is 0 Å². The third-order valence-corrected chi connectivity index (χ3v) is 5.30. The second-order valence-corrected chi connectivity index (χ2v) is 6.65. The van der Waals surface area contributed by atoms with E-state index in [1.165, 1.54) is 22.5 Å². The Morgan fingerprint density at radius 3 is 2.59 bits per heavy atom. The van der Waals surface area contributed by atoms with Crippen LogP contribution in [0, 0.1) is 13.8 Å². The van der Waals surface area contributed by atoms with Crippen molar-refractivity contribution in [3.63, 3.8) is 0 Å². The van der Waals surface area contributed by atoms with Crippen molar-refractivity contribution < 1.29 is 0 Å². The summed E-state index contributed by atoms with van der Waals surface area (Å²) in [5, 5.41) is 0. The molecule has 0 bridgehead atoms. The first-order valence-electron chi connectivity index (χ1n) is 5.26. The first-order chi connectivity index (χ1) is 7.99. The van der Waals surface area contributed by atoms with Crippen LogP contribution in [0.1, 0.15) is 27.6 Å². The zero-order valence-corrected chi connectivity index (χ0v) is 12.8. The van der Waals surface area contributed by atoms with Gasteiger partial charge in [0.25, 0.3) is 0 Å². The van der Waals surface area contributed by atoms with Crippen LogP contribution in [0.25, 0.3) is 0 Å². The van der Waals surface area contributed by atoms with E-state index in [1.807, 2.05) is 6.07 Å². The molecule has 2 rings (SSSR count). The van der Waals surface area contributed by atoms with Gasteiger partial charge in [0, 0.05) is 9.35 Å². The van der Waals surface area contributed by atoms with Gasteiger partial charge in [-0.1, -0.05) is 35.4 Å². The molecule has 1 aromatic carbocycles. The number of benzene rings is 1. The molecule has 0 radical (unpaired) electrons. The zero-order chi connectivity index (χ0) is 12.6. The lowest BCUT2D eigenvalue weighted by Gasteiger charge is -2.13. The number of aryl methyl sites for hydroxylation is 2. The van der Waals surface area contributed by atoms with Crippen molar-refractivity contribution in [3.8, 4) is 0 Å². The van der Waals surface area contributed by atoms with Crippen LogP contribution in [0.3, 0.4) is 0 Å². The Morgan fingerprint density at radius 2 is 2.00 bits per heavy atom. The third kappa shape index (κ3) is 2.74. The maximum absolute atomic E-state index is 6.30. The number of hydrogen-bond donors (Lipinski definition) is 1. The SMILES string of the molecule is Cc1ccc(C)c(C(N)c2cc(Br)c(Cl)s2)c1. The topological polar surface area (TPSA) is 26.0 Å².